The summed E-state index contributed by atoms with van der Waals surface area (Å²) in [6.07, 6.45) is 2.25. The Morgan fingerprint density at radius 3 is 2.82 bits per heavy atom. The van der Waals surface area contributed by atoms with Crippen LogP contribution in [0.3, 0.4) is 0 Å². The van der Waals surface area contributed by atoms with Crippen molar-refractivity contribution in [3.05, 3.63) is 53.3 Å². The zero-order valence-corrected chi connectivity index (χ0v) is 9.48. The van der Waals surface area contributed by atoms with E-state index in [-0.39, 0.29) is 0 Å². The summed E-state index contributed by atoms with van der Waals surface area (Å²) < 4.78 is 5.44. The summed E-state index contributed by atoms with van der Waals surface area (Å²) in [6, 6.07) is 10.6. The second kappa shape index (κ2) is 4.89. The number of rotatable bonds is 3. The standard InChI is InChI=1S/C13H9ClO3/c14-10-3-1-2-9(8-10)12-6-4-11(17-12)5-7-13(15)16/h1-8H,(H,15,16)/p-1/b7-5+. The van der Waals surface area contributed by atoms with Gasteiger partial charge in [0.05, 0.1) is 5.97 Å². The lowest BCUT2D eigenvalue weighted by Crippen LogP contribution is -2.18. The maximum Gasteiger partial charge on any atom is 0.134 e. The van der Waals surface area contributed by atoms with E-state index < -0.39 is 5.97 Å². The molecule has 0 aliphatic carbocycles. The van der Waals surface area contributed by atoms with E-state index in [2.05, 4.69) is 0 Å². The highest BCUT2D eigenvalue weighted by Gasteiger charge is 2.03. The maximum absolute atomic E-state index is 10.2. The molecule has 0 atom stereocenters. The highest BCUT2D eigenvalue weighted by atomic mass is 35.5. The number of furan rings is 1. The monoisotopic (exact) mass is 247 g/mol. The Morgan fingerprint density at radius 1 is 1.29 bits per heavy atom. The van der Waals surface area contributed by atoms with Crippen LogP contribution in [-0.4, -0.2) is 5.97 Å². The zero-order valence-electron chi connectivity index (χ0n) is 8.72. The smallest absolute Gasteiger partial charge is 0.134 e. The van der Waals surface area contributed by atoms with E-state index in [1.54, 1.807) is 24.3 Å². The van der Waals surface area contributed by atoms with Crippen molar-refractivity contribution in [2.45, 2.75) is 0 Å². The lowest BCUT2D eigenvalue weighted by atomic mass is 10.2. The van der Waals surface area contributed by atoms with Crippen LogP contribution in [0.25, 0.3) is 17.4 Å². The molecule has 0 saturated heterocycles. The van der Waals surface area contributed by atoms with Gasteiger partial charge in [-0.3, -0.25) is 0 Å². The Bertz CT molecular complexity index is 570. The second-order valence-electron chi connectivity index (χ2n) is 3.36. The molecule has 0 radical (unpaired) electrons. The molecule has 0 spiro atoms. The lowest BCUT2D eigenvalue weighted by molar-refractivity contribution is -0.297. The molecule has 4 heteroatoms. The van der Waals surface area contributed by atoms with Crippen LogP contribution in [0.4, 0.5) is 0 Å². The first kappa shape index (κ1) is 11.5. The quantitative estimate of drug-likeness (QED) is 0.783. The predicted molar refractivity (Wildman–Crippen MR) is 63.2 cm³/mol. The fraction of sp³-hybridized carbons (Fsp3) is 0. The molecular formula is C13H8ClO3-. The minimum atomic E-state index is -1.26. The molecule has 17 heavy (non-hydrogen) atoms. The van der Waals surface area contributed by atoms with E-state index in [0.29, 0.717) is 16.5 Å². The minimum absolute atomic E-state index is 0.448. The Balaban J connectivity index is 2.27. The van der Waals surface area contributed by atoms with Gasteiger partial charge in [-0.15, -0.1) is 0 Å². The number of hydrogen-bond acceptors (Lipinski definition) is 3. The molecular weight excluding hydrogens is 240 g/mol. The van der Waals surface area contributed by atoms with Gasteiger partial charge >= 0.3 is 0 Å². The highest BCUT2D eigenvalue weighted by Crippen LogP contribution is 2.25. The van der Waals surface area contributed by atoms with Crippen LogP contribution >= 0.6 is 11.6 Å². The predicted octanol–water partition coefficient (Wildman–Crippen LogP) is 2.36. The van der Waals surface area contributed by atoms with Crippen molar-refractivity contribution in [3.63, 3.8) is 0 Å². The molecule has 0 unspecified atom stereocenters. The first-order valence-electron chi connectivity index (χ1n) is 4.90. The minimum Gasteiger partial charge on any atom is -0.545 e. The highest BCUT2D eigenvalue weighted by molar-refractivity contribution is 6.30. The molecule has 2 rings (SSSR count). The molecule has 0 aliphatic heterocycles. The van der Waals surface area contributed by atoms with Gasteiger partial charge < -0.3 is 14.3 Å². The number of carboxylic acid groups (broad SMARTS) is 1. The normalized spacial score (nSPS) is 10.9. The van der Waals surface area contributed by atoms with Crippen molar-refractivity contribution in [2.24, 2.45) is 0 Å². The van der Waals surface area contributed by atoms with E-state index in [1.165, 1.54) is 6.08 Å². The molecule has 0 bridgehead atoms. The van der Waals surface area contributed by atoms with E-state index in [1.807, 2.05) is 12.1 Å². The van der Waals surface area contributed by atoms with Gasteiger partial charge in [0.1, 0.15) is 11.5 Å². The molecule has 1 heterocycles. The summed E-state index contributed by atoms with van der Waals surface area (Å²) >= 11 is 5.86. The third-order valence-corrected chi connectivity index (χ3v) is 2.35. The summed E-state index contributed by atoms with van der Waals surface area (Å²) in [5.74, 6) is -0.180. The molecule has 86 valence electrons. The van der Waals surface area contributed by atoms with E-state index in [0.717, 1.165) is 11.6 Å². The van der Waals surface area contributed by atoms with Gasteiger partial charge in [-0.25, -0.2) is 0 Å². The van der Waals surface area contributed by atoms with Gasteiger partial charge in [-0.05, 0) is 36.4 Å². The van der Waals surface area contributed by atoms with Crippen LogP contribution < -0.4 is 5.11 Å². The molecule has 3 nitrogen and oxygen atoms in total. The Kier molecular flexibility index (Phi) is 3.30. The molecule has 0 saturated carbocycles. The van der Waals surface area contributed by atoms with Gasteiger partial charge in [0, 0.05) is 10.6 Å². The van der Waals surface area contributed by atoms with Crippen LogP contribution in [-0.2, 0) is 4.79 Å². The van der Waals surface area contributed by atoms with Crippen molar-refractivity contribution in [1.29, 1.82) is 0 Å². The summed E-state index contributed by atoms with van der Waals surface area (Å²) in [6.45, 7) is 0. The van der Waals surface area contributed by atoms with Crippen LogP contribution in [0, 0.1) is 0 Å². The number of halogens is 1. The lowest BCUT2D eigenvalue weighted by Gasteiger charge is -1.96. The molecule has 0 N–H and O–H groups in total. The van der Waals surface area contributed by atoms with Crippen LogP contribution in [0.1, 0.15) is 5.76 Å². The number of benzene rings is 1. The molecule has 0 aliphatic rings. The fourth-order valence-corrected chi connectivity index (χ4v) is 1.58. The Hall–Kier alpha value is -2.00. The summed E-state index contributed by atoms with van der Waals surface area (Å²) in [4.78, 5) is 10.2. The van der Waals surface area contributed by atoms with Crippen LogP contribution in [0.2, 0.25) is 5.02 Å². The number of aliphatic carboxylic acids is 1. The first-order valence-corrected chi connectivity index (χ1v) is 5.28. The summed E-state index contributed by atoms with van der Waals surface area (Å²) in [5.41, 5.74) is 0.839. The molecule has 1 aromatic heterocycles. The van der Waals surface area contributed by atoms with Gasteiger partial charge in [0.2, 0.25) is 0 Å². The Morgan fingerprint density at radius 2 is 2.12 bits per heavy atom. The number of carbonyl (C=O) groups excluding carboxylic acids is 1. The van der Waals surface area contributed by atoms with E-state index in [9.17, 15) is 9.90 Å². The fourth-order valence-electron chi connectivity index (χ4n) is 1.39. The van der Waals surface area contributed by atoms with Gasteiger partial charge in [0.15, 0.2) is 0 Å². The third kappa shape index (κ3) is 2.98. The molecule has 2 aromatic rings. The summed E-state index contributed by atoms with van der Waals surface area (Å²) in [5, 5.41) is 10.9. The maximum atomic E-state index is 10.2. The van der Waals surface area contributed by atoms with Crippen molar-refractivity contribution in [2.75, 3.05) is 0 Å². The van der Waals surface area contributed by atoms with Crippen molar-refractivity contribution in [3.8, 4) is 11.3 Å². The average molecular weight is 248 g/mol. The van der Waals surface area contributed by atoms with Crippen LogP contribution in [0.5, 0.6) is 0 Å². The van der Waals surface area contributed by atoms with Crippen molar-refractivity contribution >= 4 is 23.6 Å². The van der Waals surface area contributed by atoms with Gasteiger partial charge in [-0.2, -0.15) is 0 Å². The Labute approximate surface area is 103 Å². The zero-order chi connectivity index (χ0) is 12.3. The SMILES string of the molecule is O=C([O-])/C=C/c1ccc(-c2cccc(Cl)c2)o1. The third-order valence-electron chi connectivity index (χ3n) is 2.12. The molecule has 1 aromatic carbocycles. The van der Waals surface area contributed by atoms with Gasteiger partial charge in [0.25, 0.3) is 0 Å². The van der Waals surface area contributed by atoms with Crippen molar-refractivity contribution < 1.29 is 14.3 Å². The summed E-state index contributed by atoms with van der Waals surface area (Å²) in [7, 11) is 0. The second-order valence-corrected chi connectivity index (χ2v) is 3.80. The van der Waals surface area contributed by atoms with Gasteiger partial charge in [-0.1, -0.05) is 23.7 Å². The largest absolute Gasteiger partial charge is 0.545 e. The number of hydrogen-bond donors (Lipinski definition) is 0. The first-order chi connectivity index (χ1) is 8.15. The van der Waals surface area contributed by atoms with Crippen molar-refractivity contribution in [1.82, 2.24) is 0 Å². The van der Waals surface area contributed by atoms with E-state index >= 15 is 0 Å². The number of carboxylic acids is 1. The van der Waals surface area contributed by atoms with Crippen LogP contribution in [0.15, 0.2) is 46.9 Å². The molecule has 0 amide bonds. The number of carbonyl (C=O) groups is 1. The average Bonchev–Trinajstić information content (AvgIpc) is 2.75. The van der Waals surface area contributed by atoms with E-state index in [4.69, 9.17) is 16.0 Å². The topological polar surface area (TPSA) is 53.3 Å². The molecule has 0 fully saturated rings.